The third-order valence-corrected chi connectivity index (χ3v) is 2.04. The number of nitrogens with zero attached hydrogens (tertiary/aromatic N) is 3. The highest BCUT2D eigenvalue weighted by Gasteiger charge is 1.91. The Balaban J connectivity index is 2.12. The van der Waals surface area contributed by atoms with Gasteiger partial charge in [0, 0.05) is 11.8 Å². The first-order valence-electron chi connectivity index (χ1n) is 4.83. The van der Waals surface area contributed by atoms with Crippen molar-refractivity contribution < 1.29 is 4.74 Å². The minimum absolute atomic E-state index is 0.824. The quantitative estimate of drug-likeness (QED) is 0.734. The summed E-state index contributed by atoms with van der Waals surface area (Å²) in [6.45, 7) is 0. The first kappa shape index (κ1) is 10.3. The molecule has 0 N–H and O–H groups in total. The Morgan fingerprint density at radius 1 is 1.12 bits per heavy atom. The summed E-state index contributed by atoms with van der Waals surface area (Å²) < 4.78 is 5.06. The summed E-state index contributed by atoms with van der Waals surface area (Å²) in [5.74, 6) is 0.824. The van der Waals surface area contributed by atoms with Crippen molar-refractivity contribution in [3.8, 4) is 5.75 Å². The average Bonchev–Trinajstić information content (AvgIpc) is 2.38. The van der Waals surface area contributed by atoms with E-state index in [1.807, 2.05) is 30.3 Å². The number of benzene rings is 1. The summed E-state index contributed by atoms with van der Waals surface area (Å²) in [4.78, 5) is 4.30. The molecule has 4 nitrogen and oxygen atoms in total. The standard InChI is InChI=1S/C12H11N3O/c1-16-12-4-2-11(3-5-12)13-8-10-6-7-14-15-9-10/h2-9H,1H3. The molecule has 0 saturated heterocycles. The lowest BCUT2D eigenvalue weighted by molar-refractivity contribution is 0.415. The summed E-state index contributed by atoms with van der Waals surface area (Å²) in [6, 6.07) is 9.38. The van der Waals surface area contributed by atoms with Gasteiger partial charge in [0.05, 0.1) is 25.2 Å². The second-order valence-electron chi connectivity index (χ2n) is 3.13. The van der Waals surface area contributed by atoms with Gasteiger partial charge in [0.25, 0.3) is 0 Å². The Kier molecular flexibility index (Phi) is 3.23. The lowest BCUT2D eigenvalue weighted by atomic mass is 10.3. The molecule has 1 heterocycles. The predicted molar refractivity (Wildman–Crippen MR) is 62.3 cm³/mol. The summed E-state index contributed by atoms with van der Waals surface area (Å²) in [5.41, 5.74) is 1.79. The third kappa shape index (κ3) is 2.63. The molecule has 80 valence electrons. The first-order valence-corrected chi connectivity index (χ1v) is 4.83. The molecule has 0 radical (unpaired) electrons. The van der Waals surface area contributed by atoms with E-state index in [0.29, 0.717) is 0 Å². The maximum atomic E-state index is 5.06. The molecule has 2 rings (SSSR count). The predicted octanol–water partition coefficient (Wildman–Crippen LogP) is 2.24. The van der Waals surface area contributed by atoms with E-state index < -0.39 is 0 Å². The van der Waals surface area contributed by atoms with Gasteiger partial charge in [-0.1, -0.05) is 0 Å². The number of rotatable bonds is 3. The van der Waals surface area contributed by atoms with Crippen molar-refractivity contribution in [3.05, 3.63) is 48.3 Å². The highest BCUT2D eigenvalue weighted by atomic mass is 16.5. The van der Waals surface area contributed by atoms with Crippen molar-refractivity contribution >= 4 is 11.9 Å². The normalized spacial score (nSPS) is 10.6. The molecule has 0 bridgehead atoms. The molecular formula is C12H11N3O. The topological polar surface area (TPSA) is 47.4 Å². The largest absolute Gasteiger partial charge is 0.497 e. The highest BCUT2D eigenvalue weighted by Crippen LogP contribution is 2.17. The first-order chi connectivity index (χ1) is 7.88. The molecule has 16 heavy (non-hydrogen) atoms. The smallest absolute Gasteiger partial charge is 0.119 e. The van der Waals surface area contributed by atoms with Crippen LogP contribution < -0.4 is 4.74 Å². The van der Waals surface area contributed by atoms with E-state index >= 15 is 0 Å². The van der Waals surface area contributed by atoms with Crippen LogP contribution in [0.15, 0.2) is 47.7 Å². The van der Waals surface area contributed by atoms with Crippen LogP contribution in [0.5, 0.6) is 5.75 Å². The van der Waals surface area contributed by atoms with E-state index in [2.05, 4.69) is 15.2 Å². The molecule has 1 aromatic heterocycles. The zero-order chi connectivity index (χ0) is 11.2. The van der Waals surface area contributed by atoms with Gasteiger partial charge in [-0.3, -0.25) is 4.99 Å². The van der Waals surface area contributed by atoms with Crippen LogP contribution in [0.1, 0.15) is 5.56 Å². The minimum Gasteiger partial charge on any atom is -0.497 e. The zero-order valence-corrected chi connectivity index (χ0v) is 8.87. The number of hydrogen-bond acceptors (Lipinski definition) is 4. The van der Waals surface area contributed by atoms with Gasteiger partial charge in [-0.05, 0) is 30.3 Å². The maximum Gasteiger partial charge on any atom is 0.119 e. The number of ether oxygens (including phenoxy) is 1. The summed E-state index contributed by atoms with van der Waals surface area (Å²) in [6.07, 6.45) is 5.04. The van der Waals surface area contributed by atoms with E-state index in [9.17, 15) is 0 Å². The van der Waals surface area contributed by atoms with Gasteiger partial charge in [-0.25, -0.2) is 0 Å². The molecule has 0 amide bonds. The Labute approximate surface area is 93.6 Å². The van der Waals surface area contributed by atoms with Gasteiger partial charge >= 0.3 is 0 Å². The lowest BCUT2D eigenvalue weighted by Gasteiger charge is -1.98. The third-order valence-electron chi connectivity index (χ3n) is 2.04. The number of methoxy groups -OCH3 is 1. The van der Waals surface area contributed by atoms with E-state index in [0.717, 1.165) is 17.0 Å². The highest BCUT2D eigenvalue weighted by molar-refractivity contribution is 5.81. The molecule has 0 saturated carbocycles. The molecule has 0 aliphatic carbocycles. The fourth-order valence-corrected chi connectivity index (χ4v) is 1.19. The number of hydrogen-bond donors (Lipinski definition) is 0. The molecule has 0 unspecified atom stereocenters. The Hall–Kier alpha value is -2.23. The summed E-state index contributed by atoms with van der Waals surface area (Å²) in [7, 11) is 1.64. The second kappa shape index (κ2) is 5.02. The average molecular weight is 213 g/mol. The summed E-state index contributed by atoms with van der Waals surface area (Å²) >= 11 is 0. The molecular weight excluding hydrogens is 202 g/mol. The molecule has 0 spiro atoms. The van der Waals surface area contributed by atoms with Gasteiger partial charge in [0.15, 0.2) is 0 Å². The lowest BCUT2D eigenvalue weighted by Crippen LogP contribution is -1.84. The van der Waals surface area contributed by atoms with Crippen LogP contribution in [-0.4, -0.2) is 23.5 Å². The van der Waals surface area contributed by atoms with Gasteiger partial charge in [-0.15, -0.1) is 0 Å². The van der Waals surface area contributed by atoms with Gasteiger partial charge < -0.3 is 4.74 Å². The van der Waals surface area contributed by atoms with E-state index in [4.69, 9.17) is 4.74 Å². The Bertz CT molecular complexity index is 465. The monoisotopic (exact) mass is 213 g/mol. The van der Waals surface area contributed by atoms with Crippen LogP contribution in [0.3, 0.4) is 0 Å². The summed E-state index contributed by atoms with van der Waals surface area (Å²) in [5, 5.41) is 7.46. The van der Waals surface area contributed by atoms with Crippen LogP contribution in [0.25, 0.3) is 0 Å². The van der Waals surface area contributed by atoms with Crippen LogP contribution in [-0.2, 0) is 0 Å². The van der Waals surface area contributed by atoms with Crippen molar-refractivity contribution in [2.75, 3.05) is 7.11 Å². The molecule has 2 aromatic rings. The SMILES string of the molecule is COc1ccc(N=Cc2ccnnc2)cc1. The Morgan fingerprint density at radius 3 is 2.56 bits per heavy atom. The van der Waals surface area contributed by atoms with E-state index in [-0.39, 0.29) is 0 Å². The fraction of sp³-hybridized carbons (Fsp3) is 0.0833. The minimum atomic E-state index is 0.824. The van der Waals surface area contributed by atoms with Crippen LogP contribution in [0.2, 0.25) is 0 Å². The van der Waals surface area contributed by atoms with Crippen LogP contribution in [0, 0.1) is 0 Å². The molecule has 0 aliphatic rings. The van der Waals surface area contributed by atoms with Crippen molar-refractivity contribution in [2.24, 2.45) is 4.99 Å². The molecule has 0 atom stereocenters. The van der Waals surface area contributed by atoms with Crippen molar-refractivity contribution in [2.45, 2.75) is 0 Å². The zero-order valence-electron chi connectivity index (χ0n) is 8.87. The van der Waals surface area contributed by atoms with Crippen molar-refractivity contribution in [3.63, 3.8) is 0 Å². The molecule has 4 heteroatoms. The van der Waals surface area contributed by atoms with Gasteiger partial charge in [0.1, 0.15) is 5.75 Å². The van der Waals surface area contributed by atoms with Crippen LogP contribution >= 0.6 is 0 Å². The van der Waals surface area contributed by atoms with E-state index in [1.165, 1.54) is 0 Å². The second-order valence-corrected chi connectivity index (χ2v) is 3.13. The molecule has 1 aromatic carbocycles. The van der Waals surface area contributed by atoms with Crippen LogP contribution in [0.4, 0.5) is 5.69 Å². The fourth-order valence-electron chi connectivity index (χ4n) is 1.19. The van der Waals surface area contributed by atoms with Crippen molar-refractivity contribution in [1.29, 1.82) is 0 Å². The van der Waals surface area contributed by atoms with Gasteiger partial charge in [-0.2, -0.15) is 10.2 Å². The van der Waals surface area contributed by atoms with E-state index in [1.54, 1.807) is 25.7 Å². The maximum absolute atomic E-state index is 5.06. The number of aliphatic imine (C=N–C) groups is 1. The molecule has 0 aliphatic heterocycles. The number of aromatic nitrogens is 2. The van der Waals surface area contributed by atoms with Gasteiger partial charge in [0.2, 0.25) is 0 Å². The Morgan fingerprint density at radius 2 is 1.94 bits per heavy atom. The molecule has 0 fully saturated rings. The van der Waals surface area contributed by atoms with Crippen molar-refractivity contribution in [1.82, 2.24) is 10.2 Å².